The molecule has 0 radical (unpaired) electrons. The summed E-state index contributed by atoms with van der Waals surface area (Å²) in [6, 6.07) is 8.09. The quantitative estimate of drug-likeness (QED) is 0.813. The van der Waals surface area contributed by atoms with Crippen molar-refractivity contribution in [3.8, 4) is 0 Å². The number of aromatic amines is 1. The molecule has 2 rings (SSSR count). The second kappa shape index (κ2) is 8.13. The minimum Gasteiger partial charge on any atom is -0.356 e. The fraction of sp³-hybridized carbons (Fsp3) is 0.500. The van der Waals surface area contributed by atoms with Gasteiger partial charge in [-0.05, 0) is 54.3 Å². The fourth-order valence-corrected chi connectivity index (χ4v) is 2.94. The van der Waals surface area contributed by atoms with Crippen molar-refractivity contribution in [1.29, 1.82) is 0 Å². The van der Waals surface area contributed by atoms with E-state index in [1.54, 1.807) is 0 Å². The largest absolute Gasteiger partial charge is 0.356 e. The summed E-state index contributed by atoms with van der Waals surface area (Å²) in [7, 11) is 0. The molecule has 4 heteroatoms. The van der Waals surface area contributed by atoms with E-state index in [0.717, 1.165) is 23.7 Å². The highest BCUT2D eigenvalue weighted by Crippen LogP contribution is 2.20. The number of rotatable bonds is 7. The molecule has 0 aliphatic carbocycles. The maximum Gasteiger partial charge on any atom is 0.251 e. The lowest BCUT2D eigenvalue weighted by atomic mass is 10.00. The number of benzene rings is 1. The maximum absolute atomic E-state index is 12.2. The first-order valence-electron chi connectivity index (χ1n) is 8.89. The van der Waals surface area contributed by atoms with E-state index in [0.29, 0.717) is 24.4 Å². The number of pyridine rings is 1. The Bertz CT molecular complexity index is 758. The van der Waals surface area contributed by atoms with E-state index < -0.39 is 0 Å². The number of hydrogen-bond donors (Lipinski definition) is 2. The fourth-order valence-electron chi connectivity index (χ4n) is 2.94. The topological polar surface area (TPSA) is 62.0 Å². The zero-order valence-electron chi connectivity index (χ0n) is 15.1. The smallest absolute Gasteiger partial charge is 0.251 e. The molecule has 4 nitrogen and oxygen atoms in total. The van der Waals surface area contributed by atoms with Crippen molar-refractivity contribution in [2.45, 2.75) is 52.9 Å². The van der Waals surface area contributed by atoms with Gasteiger partial charge in [-0.2, -0.15) is 0 Å². The van der Waals surface area contributed by atoms with Gasteiger partial charge in [-0.3, -0.25) is 9.59 Å². The third-order valence-electron chi connectivity index (χ3n) is 4.66. The molecule has 0 aliphatic rings. The van der Waals surface area contributed by atoms with Crippen molar-refractivity contribution >= 4 is 16.8 Å². The molecule has 0 aliphatic heterocycles. The van der Waals surface area contributed by atoms with Crippen LogP contribution in [0.1, 0.15) is 57.6 Å². The monoisotopic (exact) mass is 328 g/mol. The van der Waals surface area contributed by atoms with Crippen molar-refractivity contribution in [2.24, 2.45) is 5.92 Å². The zero-order chi connectivity index (χ0) is 17.7. The molecule has 0 atom stereocenters. The first-order chi connectivity index (χ1) is 11.5. The van der Waals surface area contributed by atoms with Gasteiger partial charge in [-0.15, -0.1) is 0 Å². The number of carbonyl (C=O) groups is 1. The Morgan fingerprint density at radius 2 is 1.88 bits per heavy atom. The molecule has 2 aromatic rings. The van der Waals surface area contributed by atoms with Crippen LogP contribution < -0.4 is 10.9 Å². The number of nitrogens with one attached hydrogen (secondary N) is 2. The molecule has 0 saturated heterocycles. The summed E-state index contributed by atoms with van der Waals surface area (Å²) < 4.78 is 0. The van der Waals surface area contributed by atoms with Crippen molar-refractivity contribution < 1.29 is 4.79 Å². The molecule has 1 aromatic heterocycles. The third kappa shape index (κ3) is 4.25. The van der Waals surface area contributed by atoms with Crippen LogP contribution >= 0.6 is 0 Å². The number of fused-ring (bicyclic) bond motifs is 1. The van der Waals surface area contributed by atoms with Crippen LogP contribution in [0.4, 0.5) is 0 Å². The summed E-state index contributed by atoms with van der Waals surface area (Å²) in [6.07, 6.45) is 2.23. The molecule has 1 aromatic carbocycles. The highest BCUT2D eigenvalue weighted by Gasteiger charge is 2.13. The normalized spacial score (nSPS) is 11.4. The molecule has 1 amide bonds. The van der Waals surface area contributed by atoms with Crippen LogP contribution in [0.2, 0.25) is 0 Å². The van der Waals surface area contributed by atoms with E-state index in [2.05, 4.69) is 36.3 Å². The van der Waals surface area contributed by atoms with Crippen LogP contribution in [0.15, 0.2) is 29.1 Å². The average molecular weight is 328 g/mol. The lowest BCUT2D eigenvalue weighted by Gasteiger charge is -2.12. The van der Waals surface area contributed by atoms with Gasteiger partial charge in [0.2, 0.25) is 5.91 Å². The van der Waals surface area contributed by atoms with Crippen molar-refractivity contribution in [1.82, 2.24) is 10.3 Å². The first-order valence-corrected chi connectivity index (χ1v) is 8.89. The van der Waals surface area contributed by atoms with Gasteiger partial charge in [0.05, 0.1) is 0 Å². The summed E-state index contributed by atoms with van der Waals surface area (Å²) in [5, 5.41) is 3.99. The highest BCUT2D eigenvalue weighted by molar-refractivity contribution is 5.80. The minimum absolute atomic E-state index is 0.0634. The Labute approximate surface area is 143 Å². The average Bonchev–Trinajstić information content (AvgIpc) is 2.56. The number of H-pyrrole nitrogens is 1. The zero-order valence-corrected chi connectivity index (χ0v) is 15.1. The van der Waals surface area contributed by atoms with E-state index in [4.69, 9.17) is 0 Å². The molecular formula is C20H28N2O2. The molecule has 0 fully saturated rings. The van der Waals surface area contributed by atoms with Crippen LogP contribution in [0, 0.1) is 5.92 Å². The Morgan fingerprint density at radius 3 is 2.50 bits per heavy atom. The first kappa shape index (κ1) is 18.2. The number of carbonyl (C=O) groups excluding carboxylic acids is 1. The lowest BCUT2D eigenvalue weighted by Crippen LogP contribution is -2.32. The molecule has 24 heavy (non-hydrogen) atoms. The summed E-state index contributed by atoms with van der Waals surface area (Å²) in [6.45, 7) is 8.85. The molecule has 0 saturated carbocycles. The van der Waals surface area contributed by atoms with Crippen LogP contribution in [0.25, 0.3) is 10.9 Å². The summed E-state index contributed by atoms with van der Waals surface area (Å²) in [5.41, 5.74) is 2.75. The van der Waals surface area contributed by atoms with Crippen molar-refractivity contribution in [3.05, 3.63) is 45.7 Å². The second-order valence-corrected chi connectivity index (χ2v) is 6.68. The van der Waals surface area contributed by atoms with Gasteiger partial charge >= 0.3 is 0 Å². The molecule has 1 heterocycles. The Kier molecular flexibility index (Phi) is 6.18. The molecular weight excluding hydrogens is 300 g/mol. The predicted octanol–water partition coefficient (Wildman–Crippen LogP) is 3.75. The Balaban J connectivity index is 2.12. The standard InChI is InChI=1S/C20H28N2O2/c1-5-14(6-2)19(23)21-10-9-16-12-17-11-15(13(3)4)7-8-18(17)22-20(16)24/h7-8,11-14H,5-6,9-10H2,1-4H3,(H,21,23)(H,22,24). The molecule has 2 N–H and O–H groups in total. The highest BCUT2D eigenvalue weighted by atomic mass is 16.2. The minimum atomic E-state index is -0.0726. The van der Waals surface area contributed by atoms with Crippen LogP contribution in [-0.4, -0.2) is 17.4 Å². The van der Waals surface area contributed by atoms with Crippen molar-refractivity contribution in [3.63, 3.8) is 0 Å². The molecule has 0 spiro atoms. The second-order valence-electron chi connectivity index (χ2n) is 6.68. The van der Waals surface area contributed by atoms with Crippen LogP contribution in [-0.2, 0) is 11.2 Å². The van der Waals surface area contributed by atoms with E-state index in [1.165, 1.54) is 5.56 Å². The SMILES string of the molecule is CCC(CC)C(=O)NCCc1cc2cc(C(C)C)ccc2[nH]c1=O. The van der Waals surface area contributed by atoms with Gasteiger partial charge in [0.25, 0.3) is 5.56 Å². The van der Waals surface area contributed by atoms with Gasteiger partial charge in [0, 0.05) is 23.5 Å². The Hall–Kier alpha value is -2.10. The van der Waals surface area contributed by atoms with E-state index in [1.807, 2.05) is 26.0 Å². The number of aromatic nitrogens is 1. The van der Waals surface area contributed by atoms with E-state index >= 15 is 0 Å². The van der Waals surface area contributed by atoms with E-state index in [-0.39, 0.29) is 17.4 Å². The molecule has 0 unspecified atom stereocenters. The van der Waals surface area contributed by atoms with Crippen molar-refractivity contribution in [2.75, 3.05) is 6.54 Å². The molecule has 130 valence electrons. The van der Waals surface area contributed by atoms with Crippen LogP contribution in [0.5, 0.6) is 0 Å². The lowest BCUT2D eigenvalue weighted by molar-refractivity contribution is -0.125. The van der Waals surface area contributed by atoms with Gasteiger partial charge in [-0.1, -0.05) is 33.8 Å². The van der Waals surface area contributed by atoms with Crippen LogP contribution in [0.3, 0.4) is 0 Å². The summed E-state index contributed by atoms with van der Waals surface area (Å²) in [5.74, 6) is 0.594. The summed E-state index contributed by atoms with van der Waals surface area (Å²) in [4.78, 5) is 27.2. The number of amides is 1. The third-order valence-corrected chi connectivity index (χ3v) is 4.66. The van der Waals surface area contributed by atoms with Gasteiger partial charge in [0.1, 0.15) is 0 Å². The maximum atomic E-state index is 12.2. The molecule has 0 bridgehead atoms. The number of hydrogen-bond acceptors (Lipinski definition) is 2. The summed E-state index contributed by atoms with van der Waals surface area (Å²) >= 11 is 0. The predicted molar refractivity (Wildman–Crippen MR) is 99.4 cm³/mol. The Morgan fingerprint density at radius 1 is 1.17 bits per heavy atom. The van der Waals surface area contributed by atoms with Gasteiger partial charge < -0.3 is 10.3 Å². The van der Waals surface area contributed by atoms with E-state index in [9.17, 15) is 9.59 Å². The van der Waals surface area contributed by atoms with Gasteiger partial charge in [0.15, 0.2) is 0 Å². The van der Waals surface area contributed by atoms with Gasteiger partial charge in [-0.25, -0.2) is 0 Å².